The summed E-state index contributed by atoms with van der Waals surface area (Å²) in [6.45, 7) is 10.9. The van der Waals surface area contributed by atoms with Crippen molar-refractivity contribution >= 4 is 17.3 Å². The van der Waals surface area contributed by atoms with Crippen LogP contribution in [-0.4, -0.2) is 38.8 Å². The Labute approximate surface area is 138 Å². The van der Waals surface area contributed by atoms with E-state index in [0.717, 1.165) is 19.3 Å². The highest BCUT2D eigenvalue weighted by Crippen LogP contribution is 2.32. The predicted molar refractivity (Wildman–Crippen MR) is 91.9 cm³/mol. The Morgan fingerprint density at radius 2 is 2.05 bits per heavy atom. The largest absolute Gasteiger partial charge is 0.597 e. The van der Waals surface area contributed by atoms with Gasteiger partial charge in [0.1, 0.15) is 4.75 Å². The normalized spacial score (nSPS) is 20.8. The van der Waals surface area contributed by atoms with Crippen molar-refractivity contribution in [1.29, 1.82) is 0 Å². The van der Waals surface area contributed by atoms with Crippen molar-refractivity contribution in [2.45, 2.75) is 77.5 Å². The molecule has 128 valence electrons. The summed E-state index contributed by atoms with van der Waals surface area (Å²) in [6.07, 6.45) is 7.35. The first-order valence-corrected chi connectivity index (χ1v) is 9.49. The van der Waals surface area contributed by atoms with Crippen LogP contribution in [0.4, 0.5) is 0 Å². The standard InChI is InChI=1S/C17H31NO3S/c1-6-8-9-10-11-15-14(16(19)21-7-2)12-13-18(15)22(20)17(3,4)5/h12,15H,6-11,13H2,1-5H3/t15?,22-/m1/s1. The van der Waals surface area contributed by atoms with Gasteiger partial charge in [0.15, 0.2) is 0 Å². The van der Waals surface area contributed by atoms with Crippen LogP contribution >= 0.6 is 0 Å². The lowest BCUT2D eigenvalue weighted by atomic mass is 10.0. The lowest BCUT2D eigenvalue weighted by Gasteiger charge is -2.34. The van der Waals surface area contributed by atoms with E-state index < -0.39 is 11.4 Å². The minimum absolute atomic E-state index is 0.0732. The maximum Gasteiger partial charge on any atom is 0.335 e. The molecule has 4 nitrogen and oxygen atoms in total. The summed E-state index contributed by atoms with van der Waals surface area (Å²) in [4.78, 5) is 12.1. The van der Waals surface area contributed by atoms with Gasteiger partial charge in [0.2, 0.25) is 0 Å². The number of hydrogen-bond donors (Lipinski definition) is 0. The molecule has 1 unspecified atom stereocenters. The highest BCUT2D eigenvalue weighted by Gasteiger charge is 2.43. The average molecular weight is 330 g/mol. The molecule has 0 fully saturated rings. The fraction of sp³-hybridized carbons (Fsp3) is 0.824. The molecule has 0 aromatic rings. The molecule has 0 N–H and O–H groups in total. The van der Waals surface area contributed by atoms with E-state index >= 15 is 0 Å². The van der Waals surface area contributed by atoms with E-state index in [1.165, 1.54) is 12.8 Å². The number of esters is 1. The van der Waals surface area contributed by atoms with Crippen LogP contribution in [0.25, 0.3) is 0 Å². The topological polar surface area (TPSA) is 52.6 Å². The Kier molecular flexibility index (Phi) is 7.94. The Hall–Kier alpha value is -0.520. The Morgan fingerprint density at radius 1 is 1.36 bits per heavy atom. The predicted octanol–water partition coefficient (Wildman–Crippen LogP) is 3.59. The van der Waals surface area contributed by atoms with E-state index in [-0.39, 0.29) is 16.8 Å². The summed E-state index contributed by atoms with van der Waals surface area (Å²) in [5.41, 5.74) is 0.691. The first kappa shape index (κ1) is 19.5. The zero-order valence-electron chi connectivity index (χ0n) is 14.7. The maximum atomic E-state index is 12.7. The average Bonchev–Trinajstić information content (AvgIpc) is 2.85. The van der Waals surface area contributed by atoms with Gasteiger partial charge in [-0.2, -0.15) is 0 Å². The van der Waals surface area contributed by atoms with E-state index in [1.807, 2.05) is 38.1 Å². The molecule has 1 rings (SSSR count). The molecule has 0 saturated carbocycles. The lowest BCUT2D eigenvalue weighted by Crippen LogP contribution is -2.47. The lowest BCUT2D eigenvalue weighted by molar-refractivity contribution is -0.138. The minimum atomic E-state index is -1.12. The number of unbranched alkanes of at least 4 members (excludes halogenated alkanes) is 3. The van der Waals surface area contributed by atoms with Crippen molar-refractivity contribution in [3.05, 3.63) is 11.6 Å². The summed E-state index contributed by atoms with van der Waals surface area (Å²) < 4.78 is 19.5. The van der Waals surface area contributed by atoms with E-state index in [9.17, 15) is 9.35 Å². The van der Waals surface area contributed by atoms with Gasteiger partial charge < -0.3 is 9.29 Å². The molecule has 0 saturated heterocycles. The van der Waals surface area contributed by atoms with Crippen molar-refractivity contribution in [2.24, 2.45) is 0 Å². The van der Waals surface area contributed by atoms with Crippen LogP contribution in [0, 0.1) is 0 Å². The van der Waals surface area contributed by atoms with Crippen molar-refractivity contribution in [3.63, 3.8) is 0 Å². The molecule has 0 aliphatic carbocycles. The van der Waals surface area contributed by atoms with Gasteiger partial charge in [-0.15, -0.1) is 4.31 Å². The molecule has 5 heteroatoms. The van der Waals surface area contributed by atoms with Gasteiger partial charge in [-0.25, -0.2) is 4.79 Å². The Bertz CT molecular complexity index is 390. The minimum Gasteiger partial charge on any atom is -0.597 e. The van der Waals surface area contributed by atoms with Crippen LogP contribution in [0.2, 0.25) is 0 Å². The fourth-order valence-electron chi connectivity index (χ4n) is 2.64. The van der Waals surface area contributed by atoms with Crippen LogP contribution in [0.3, 0.4) is 0 Å². The Balaban J connectivity index is 2.79. The molecule has 0 bridgehead atoms. The summed E-state index contributed by atoms with van der Waals surface area (Å²) in [7, 11) is 0. The van der Waals surface area contributed by atoms with E-state index in [1.54, 1.807) is 0 Å². The van der Waals surface area contributed by atoms with Gasteiger partial charge in [0.25, 0.3) is 0 Å². The third kappa shape index (κ3) is 5.28. The smallest absolute Gasteiger partial charge is 0.335 e. The van der Waals surface area contributed by atoms with Gasteiger partial charge >= 0.3 is 5.97 Å². The summed E-state index contributed by atoms with van der Waals surface area (Å²) in [5, 5.41) is 0. The quantitative estimate of drug-likeness (QED) is 0.388. The highest BCUT2D eigenvalue weighted by molar-refractivity contribution is 7.90. The third-order valence-electron chi connectivity index (χ3n) is 3.78. The molecule has 0 spiro atoms. The Morgan fingerprint density at radius 3 is 2.59 bits per heavy atom. The number of hydrogen-bond acceptors (Lipinski definition) is 4. The van der Waals surface area contributed by atoms with Crippen LogP contribution in [-0.2, 0) is 20.9 Å². The molecule has 0 amide bonds. The maximum absolute atomic E-state index is 12.7. The molecular weight excluding hydrogens is 298 g/mol. The number of nitrogens with zero attached hydrogens (tertiary/aromatic N) is 1. The van der Waals surface area contributed by atoms with Gasteiger partial charge in [-0.05, 0) is 34.1 Å². The van der Waals surface area contributed by atoms with Gasteiger partial charge in [0, 0.05) is 11.4 Å². The van der Waals surface area contributed by atoms with Crippen molar-refractivity contribution in [1.82, 2.24) is 4.31 Å². The zero-order valence-corrected chi connectivity index (χ0v) is 15.5. The second-order valence-corrected chi connectivity index (χ2v) is 8.90. The fourth-order valence-corrected chi connectivity index (χ4v) is 4.00. The molecule has 2 atom stereocenters. The van der Waals surface area contributed by atoms with Crippen LogP contribution in [0.1, 0.15) is 66.7 Å². The van der Waals surface area contributed by atoms with Gasteiger partial charge in [-0.1, -0.05) is 38.7 Å². The molecule has 1 aliphatic rings. The van der Waals surface area contributed by atoms with Crippen LogP contribution in [0.15, 0.2) is 11.6 Å². The van der Waals surface area contributed by atoms with Crippen LogP contribution in [0.5, 0.6) is 0 Å². The molecule has 22 heavy (non-hydrogen) atoms. The molecule has 1 aliphatic heterocycles. The van der Waals surface area contributed by atoms with Crippen LogP contribution < -0.4 is 0 Å². The molecule has 0 aromatic carbocycles. The molecule has 1 heterocycles. The summed E-state index contributed by atoms with van der Waals surface area (Å²) in [5.74, 6) is -0.253. The van der Waals surface area contributed by atoms with Crippen molar-refractivity contribution in [3.8, 4) is 0 Å². The summed E-state index contributed by atoms with van der Waals surface area (Å²) in [6, 6.07) is -0.0732. The second kappa shape index (κ2) is 8.94. The van der Waals surface area contributed by atoms with Gasteiger partial charge in [-0.3, -0.25) is 0 Å². The molecule has 0 aromatic heterocycles. The van der Waals surface area contributed by atoms with E-state index in [2.05, 4.69) is 6.92 Å². The zero-order chi connectivity index (χ0) is 16.8. The monoisotopic (exact) mass is 329 g/mol. The van der Waals surface area contributed by atoms with E-state index in [0.29, 0.717) is 18.7 Å². The SMILES string of the molecule is CCCCCCC1C(C(=O)OCC)=CCN1[S@+]([O-])C(C)(C)C. The second-order valence-electron chi connectivity index (χ2n) is 6.71. The molecule has 0 radical (unpaired) electrons. The van der Waals surface area contributed by atoms with Crippen molar-refractivity contribution < 1.29 is 14.1 Å². The number of rotatable bonds is 8. The van der Waals surface area contributed by atoms with Crippen molar-refractivity contribution in [2.75, 3.05) is 13.2 Å². The summed E-state index contributed by atoms with van der Waals surface area (Å²) >= 11 is -1.12. The first-order chi connectivity index (χ1) is 10.3. The van der Waals surface area contributed by atoms with E-state index in [4.69, 9.17) is 4.74 Å². The first-order valence-electron chi connectivity index (χ1n) is 8.38. The number of carbonyl (C=O) groups is 1. The van der Waals surface area contributed by atoms with Gasteiger partial charge in [0.05, 0.1) is 24.8 Å². The number of carbonyl (C=O) groups excluding carboxylic acids is 1. The third-order valence-corrected chi connectivity index (χ3v) is 5.65. The molecular formula is C17H31NO3S. The number of ether oxygens (including phenoxy) is 1. The highest BCUT2D eigenvalue weighted by atomic mass is 32.2.